The topological polar surface area (TPSA) is 158 Å². The second-order valence-electron chi connectivity index (χ2n) is 12.7. The van der Waals surface area contributed by atoms with Gasteiger partial charge in [0.15, 0.2) is 11.5 Å². The van der Waals surface area contributed by atoms with Gasteiger partial charge < -0.3 is 9.47 Å². The summed E-state index contributed by atoms with van der Waals surface area (Å²) in [6.45, 7) is 6.06. The van der Waals surface area contributed by atoms with Crippen molar-refractivity contribution in [1.29, 1.82) is 0 Å². The van der Waals surface area contributed by atoms with E-state index in [9.17, 15) is 26.4 Å². The van der Waals surface area contributed by atoms with Gasteiger partial charge in [0, 0.05) is 5.56 Å². The van der Waals surface area contributed by atoms with Crippen LogP contribution in [0.5, 0.6) is 11.5 Å². The first kappa shape index (κ1) is 37.4. The highest BCUT2D eigenvalue weighted by Gasteiger charge is 2.35. The smallest absolute Gasteiger partial charge is 0.329 e. The van der Waals surface area contributed by atoms with Crippen molar-refractivity contribution in [2.24, 2.45) is 11.8 Å². The molecule has 2 fully saturated rings. The SMILES string of the molecule is CCCCC(C)(C)c1cc(OC(=O)CS(=O)(=O)OOC)c(C2CCC(C3CCCCC3)CC2)c(OC(=O)CS(=O)(=O)OOC)c1. The minimum atomic E-state index is -4.39. The maximum Gasteiger partial charge on any atom is 0.329 e. The Hall–Kier alpha value is -2.10. The molecule has 1 aromatic carbocycles. The van der Waals surface area contributed by atoms with Crippen LogP contribution >= 0.6 is 0 Å². The number of ether oxygens (including phenoxy) is 2. The third kappa shape index (κ3) is 11.3. The number of hydrogen-bond donors (Lipinski definition) is 0. The van der Waals surface area contributed by atoms with E-state index in [1.165, 1.54) is 32.1 Å². The number of rotatable bonds is 16. The van der Waals surface area contributed by atoms with Crippen molar-refractivity contribution in [1.82, 2.24) is 0 Å². The predicted octanol–water partition coefficient (Wildman–Crippen LogP) is 5.63. The standard InChI is InChI=1S/C31H48O12S2/c1-6-7-17-31(2,3)25-18-26(40-28(32)20-44(34,35)42-38-4)30(27(19-25)41-29(33)21-45(36,37)43-39-5)24-15-13-23(14-16-24)22-11-9-8-10-12-22/h18-19,22-24H,6-17,20-21H2,1-5H3. The largest absolute Gasteiger partial charge is 0.425 e. The molecular formula is C31H48O12S2. The third-order valence-electron chi connectivity index (χ3n) is 8.92. The van der Waals surface area contributed by atoms with Crippen LogP contribution in [0.4, 0.5) is 0 Å². The first-order chi connectivity index (χ1) is 21.2. The van der Waals surface area contributed by atoms with Crippen molar-refractivity contribution < 1.29 is 54.3 Å². The molecule has 12 nitrogen and oxygen atoms in total. The summed E-state index contributed by atoms with van der Waals surface area (Å²) < 4.78 is 68.5. The number of carbonyl (C=O) groups is 2. The molecule has 0 atom stereocenters. The van der Waals surface area contributed by atoms with E-state index in [2.05, 4.69) is 25.4 Å². The summed E-state index contributed by atoms with van der Waals surface area (Å²) in [5.41, 5.74) is 0.628. The molecule has 3 rings (SSSR count). The first-order valence-corrected chi connectivity index (χ1v) is 18.9. The van der Waals surface area contributed by atoms with Crippen molar-refractivity contribution in [3.8, 4) is 11.5 Å². The lowest BCUT2D eigenvalue weighted by Gasteiger charge is -2.37. The van der Waals surface area contributed by atoms with Crippen LogP contribution in [0.25, 0.3) is 0 Å². The van der Waals surface area contributed by atoms with E-state index in [0.29, 0.717) is 23.0 Å². The zero-order valence-electron chi connectivity index (χ0n) is 27.0. The lowest BCUT2D eigenvalue weighted by atomic mass is 9.69. The van der Waals surface area contributed by atoms with E-state index in [0.717, 1.165) is 59.2 Å². The fourth-order valence-electron chi connectivity index (χ4n) is 6.66. The summed E-state index contributed by atoms with van der Waals surface area (Å²) in [5, 5.41) is 0. The Balaban J connectivity index is 2.06. The zero-order chi connectivity index (χ0) is 33.3. The Bertz CT molecular complexity index is 1280. The van der Waals surface area contributed by atoms with E-state index in [1.54, 1.807) is 12.1 Å². The average molecular weight is 677 g/mol. The van der Waals surface area contributed by atoms with Crippen LogP contribution in [-0.4, -0.2) is 54.5 Å². The highest BCUT2D eigenvalue weighted by molar-refractivity contribution is 7.87. The van der Waals surface area contributed by atoms with Gasteiger partial charge in [0.05, 0.1) is 14.2 Å². The number of unbranched alkanes of at least 4 members (excludes halogenated alkanes) is 1. The van der Waals surface area contributed by atoms with Crippen molar-refractivity contribution >= 4 is 32.2 Å². The molecular weight excluding hydrogens is 628 g/mol. The molecule has 0 radical (unpaired) electrons. The average Bonchev–Trinajstić information content (AvgIpc) is 2.95. The van der Waals surface area contributed by atoms with Gasteiger partial charge in [-0.1, -0.05) is 65.7 Å². The fraction of sp³-hybridized carbons (Fsp3) is 0.742. The molecule has 2 saturated carbocycles. The lowest BCUT2D eigenvalue weighted by Crippen LogP contribution is -2.27. The monoisotopic (exact) mass is 676 g/mol. The van der Waals surface area contributed by atoms with E-state index in [1.807, 2.05) is 13.8 Å². The maximum absolute atomic E-state index is 13.0. The molecule has 45 heavy (non-hydrogen) atoms. The van der Waals surface area contributed by atoms with Crippen LogP contribution in [0.3, 0.4) is 0 Å². The van der Waals surface area contributed by atoms with Crippen LogP contribution in [0.2, 0.25) is 0 Å². The quantitative estimate of drug-likeness (QED) is 0.0920. The maximum atomic E-state index is 13.0. The van der Waals surface area contributed by atoms with Crippen molar-refractivity contribution in [3.63, 3.8) is 0 Å². The molecule has 0 bridgehead atoms. The number of benzene rings is 1. The molecule has 0 aliphatic heterocycles. The zero-order valence-corrected chi connectivity index (χ0v) is 28.6. The minimum absolute atomic E-state index is 0.0644. The normalized spacial score (nSPS) is 20.1. The molecule has 0 spiro atoms. The van der Waals surface area contributed by atoms with Crippen LogP contribution in [0.1, 0.15) is 115 Å². The number of esters is 2. The first-order valence-electron chi connectivity index (χ1n) is 15.7. The molecule has 1 aromatic rings. The van der Waals surface area contributed by atoms with E-state index in [-0.39, 0.29) is 17.4 Å². The molecule has 0 saturated heterocycles. The summed E-state index contributed by atoms with van der Waals surface area (Å²) in [6, 6.07) is 3.39. The highest BCUT2D eigenvalue weighted by atomic mass is 32.2. The van der Waals surface area contributed by atoms with Gasteiger partial charge in [0.1, 0.15) is 11.5 Å². The van der Waals surface area contributed by atoms with Gasteiger partial charge >= 0.3 is 32.2 Å². The molecule has 2 aliphatic rings. The van der Waals surface area contributed by atoms with Crippen LogP contribution in [0, 0.1) is 11.8 Å². The van der Waals surface area contributed by atoms with Gasteiger partial charge in [-0.2, -0.15) is 16.8 Å². The number of carbonyl (C=O) groups excluding carboxylic acids is 2. The predicted molar refractivity (Wildman–Crippen MR) is 165 cm³/mol. The Kier molecular flexibility index (Phi) is 13.8. The van der Waals surface area contributed by atoms with Gasteiger partial charge in [0.25, 0.3) is 0 Å². The van der Waals surface area contributed by atoms with E-state index < -0.39 is 49.1 Å². The van der Waals surface area contributed by atoms with Gasteiger partial charge in [-0.15, -0.1) is 8.67 Å². The minimum Gasteiger partial charge on any atom is -0.425 e. The Morgan fingerprint density at radius 1 is 0.756 bits per heavy atom. The summed E-state index contributed by atoms with van der Waals surface area (Å²) in [5.74, 6) is -3.26. The lowest BCUT2D eigenvalue weighted by molar-refractivity contribution is -0.172. The molecule has 0 heterocycles. The molecule has 0 unspecified atom stereocenters. The Morgan fingerprint density at radius 2 is 1.22 bits per heavy atom. The summed E-state index contributed by atoms with van der Waals surface area (Å²) in [7, 11) is -6.77. The van der Waals surface area contributed by atoms with Crippen LogP contribution < -0.4 is 9.47 Å². The second-order valence-corrected chi connectivity index (χ2v) is 15.8. The molecule has 0 N–H and O–H groups in total. The van der Waals surface area contributed by atoms with Crippen molar-refractivity contribution in [2.75, 3.05) is 25.7 Å². The molecule has 14 heteroatoms. The summed E-state index contributed by atoms with van der Waals surface area (Å²) in [6.07, 6.45) is 12.1. The summed E-state index contributed by atoms with van der Waals surface area (Å²) in [4.78, 5) is 34.4. The Labute approximate surface area is 267 Å². The van der Waals surface area contributed by atoms with Crippen LogP contribution in [-0.2, 0) is 53.7 Å². The fourth-order valence-corrected chi connectivity index (χ4v) is 7.87. The van der Waals surface area contributed by atoms with Crippen molar-refractivity contribution in [3.05, 3.63) is 23.3 Å². The van der Waals surface area contributed by atoms with Crippen LogP contribution in [0.15, 0.2) is 12.1 Å². The summed E-state index contributed by atoms with van der Waals surface area (Å²) >= 11 is 0. The van der Waals surface area contributed by atoms with Crippen molar-refractivity contribution in [2.45, 2.75) is 109 Å². The van der Waals surface area contributed by atoms with E-state index >= 15 is 0 Å². The highest BCUT2D eigenvalue weighted by Crippen LogP contribution is 2.49. The molecule has 256 valence electrons. The Morgan fingerprint density at radius 3 is 1.67 bits per heavy atom. The van der Waals surface area contributed by atoms with E-state index in [4.69, 9.17) is 9.47 Å². The van der Waals surface area contributed by atoms with Gasteiger partial charge in [-0.25, -0.2) is 9.78 Å². The molecule has 2 aliphatic carbocycles. The molecule has 0 aromatic heterocycles. The van der Waals surface area contributed by atoms with Gasteiger partial charge in [-0.3, -0.25) is 9.59 Å². The van der Waals surface area contributed by atoms with Gasteiger partial charge in [-0.05, 0) is 73.0 Å². The molecule has 0 amide bonds. The number of hydrogen-bond acceptors (Lipinski definition) is 12. The van der Waals surface area contributed by atoms with Gasteiger partial charge in [0.2, 0.25) is 0 Å². The third-order valence-corrected chi connectivity index (χ3v) is 10.8. The second kappa shape index (κ2) is 16.6.